The number of halogens is 2. The summed E-state index contributed by atoms with van der Waals surface area (Å²) in [7, 11) is 0. The summed E-state index contributed by atoms with van der Waals surface area (Å²) in [5.74, 6) is -1.99. The van der Waals surface area contributed by atoms with Crippen LogP contribution >= 0.6 is 0 Å². The number of hydrogen-bond donors (Lipinski definition) is 1. The van der Waals surface area contributed by atoms with Crippen molar-refractivity contribution in [1.82, 2.24) is 0 Å². The summed E-state index contributed by atoms with van der Waals surface area (Å²) in [6, 6.07) is 10.6. The van der Waals surface area contributed by atoms with Gasteiger partial charge in [-0.05, 0) is 37.1 Å². The van der Waals surface area contributed by atoms with Crippen LogP contribution in [0.15, 0.2) is 36.4 Å². The van der Waals surface area contributed by atoms with E-state index in [4.69, 9.17) is 5.73 Å². The summed E-state index contributed by atoms with van der Waals surface area (Å²) in [5, 5.41) is 9.17. The van der Waals surface area contributed by atoms with Crippen LogP contribution in [-0.4, -0.2) is 5.78 Å². The third-order valence-corrected chi connectivity index (χ3v) is 3.70. The van der Waals surface area contributed by atoms with E-state index in [1.54, 1.807) is 38.1 Å². The van der Waals surface area contributed by atoms with Gasteiger partial charge in [-0.1, -0.05) is 18.2 Å². The third kappa shape index (κ3) is 3.54. The number of anilines is 1. The number of carbonyl (C=O) groups is 1. The van der Waals surface area contributed by atoms with Crippen LogP contribution in [0.5, 0.6) is 0 Å². The van der Waals surface area contributed by atoms with Crippen molar-refractivity contribution >= 4 is 11.5 Å². The van der Waals surface area contributed by atoms with Crippen molar-refractivity contribution in [1.29, 1.82) is 5.26 Å². The molecular formula is C18H16F2N2O. The topological polar surface area (TPSA) is 66.9 Å². The van der Waals surface area contributed by atoms with E-state index in [9.17, 15) is 18.8 Å². The molecule has 0 fully saturated rings. The lowest BCUT2D eigenvalue weighted by atomic mass is 9.85. The Hall–Kier alpha value is -2.74. The Balaban J connectivity index is 2.31. The zero-order chi connectivity index (χ0) is 17.2. The number of nitrogens with two attached hydrogens (primary N) is 1. The smallest absolute Gasteiger partial charge is 0.167 e. The van der Waals surface area contributed by atoms with Gasteiger partial charge in [-0.15, -0.1) is 0 Å². The Morgan fingerprint density at radius 3 is 2.57 bits per heavy atom. The molecule has 0 unspecified atom stereocenters. The maximum absolute atomic E-state index is 13.7. The molecular weight excluding hydrogens is 298 g/mol. The molecule has 0 aliphatic carbocycles. The molecule has 2 N–H and O–H groups in total. The molecule has 0 spiro atoms. The molecule has 0 saturated heterocycles. The van der Waals surface area contributed by atoms with Gasteiger partial charge in [0.1, 0.15) is 11.6 Å². The van der Waals surface area contributed by atoms with E-state index in [0.717, 1.165) is 6.07 Å². The van der Waals surface area contributed by atoms with Gasteiger partial charge < -0.3 is 5.73 Å². The van der Waals surface area contributed by atoms with Crippen LogP contribution in [0.25, 0.3) is 0 Å². The van der Waals surface area contributed by atoms with Crippen molar-refractivity contribution in [3.8, 4) is 6.07 Å². The summed E-state index contributed by atoms with van der Waals surface area (Å²) in [4.78, 5) is 12.3. The maximum atomic E-state index is 13.7. The number of Topliss-reactive ketones (excluding diaryl/α,β-unsaturated/α-hetero) is 1. The monoisotopic (exact) mass is 314 g/mol. The van der Waals surface area contributed by atoms with Crippen LogP contribution in [0.3, 0.4) is 0 Å². The number of benzene rings is 2. The van der Waals surface area contributed by atoms with E-state index in [2.05, 4.69) is 6.07 Å². The fraction of sp³-hybridized carbons (Fsp3) is 0.222. The van der Waals surface area contributed by atoms with Gasteiger partial charge in [0, 0.05) is 18.1 Å². The average Bonchev–Trinajstić information content (AvgIpc) is 2.52. The molecule has 3 nitrogen and oxygen atoms in total. The molecule has 0 radical (unpaired) electrons. The molecule has 118 valence electrons. The van der Waals surface area contributed by atoms with Crippen LogP contribution in [0.1, 0.15) is 35.3 Å². The lowest BCUT2D eigenvalue weighted by Crippen LogP contribution is -2.15. The highest BCUT2D eigenvalue weighted by atomic mass is 19.1. The molecule has 0 amide bonds. The molecule has 0 heterocycles. The highest BCUT2D eigenvalue weighted by Crippen LogP contribution is 2.24. The van der Waals surface area contributed by atoms with Gasteiger partial charge in [-0.3, -0.25) is 4.79 Å². The first-order chi connectivity index (χ1) is 10.7. The zero-order valence-corrected chi connectivity index (χ0v) is 12.9. The molecule has 0 aromatic heterocycles. The molecule has 0 bridgehead atoms. The van der Waals surface area contributed by atoms with Crippen molar-refractivity contribution in [3.05, 3.63) is 64.7 Å². The molecule has 2 aromatic carbocycles. The molecule has 0 aliphatic rings. The average molecular weight is 314 g/mol. The van der Waals surface area contributed by atoms with Gasteiger partial charge >= 0.3 is 0 Å². The summed E-state index contributed by atoms with van der Waals surface area (Å²) in [5.41, 5.74) is 5.59. The number of nitrogens with zero attached hydrogens (tertiary/aromatic N) is 1. The summed E-state index contributed by atoms with van der Waals surface area (Å²) in [6.45, 7) is 3.49. The van der Waals surface area contributed by atoms with Crippen LogP contribution in [0.2, 0.25) is 0 Å². The van der Waals surface area contributed by atoms with Crippen LogP contribution in [0, 0.1) is 23.0 Å². The predicted molar refractivity (Wildman–Crippen MR) is 83.9 cm³/mol. The van der Waals surface area contributed by atoms with E-state index >= 15 is 0 Å². The van der Waals surface area contributed by atoms with Gasteiger partial charge in [0.15, 0.2) is 5.78 Å². The first kappa shape index (κ1) is 16.6. The van der Waals surface area contributed by atoms with Gasteiger partial charge in [0.2, 0.25) is 0 Å². The van der Waals surface area contributed by atoms with E-state index in [1.807, 2.05) is 0 Å². The number of rotatable bonds is 4. The van der Waals surface area contributed by atoms with E-state index in [-0.39, 0.29) is 23.5 Å². The standard InChI is InChI=1S/C18H16F2N2O/c1-18(2,10-21)13-5-3-4-11(6-13)17(23)8-12-7-16(22)15(20)9-14(12)19/h3-7,9H,8,22H2,1-2H3. The van der Waals surface area contributed by atoms with E-state index < -0.39 is 17.0 Å². The Morgan fingerprint density at radius 2 is 1.91 bits per heavy atom. The number of ketones is 1. The number of carbonyl (C=O) groups excluding carboxylic acids is 1. The SMILES string of the molecule is CC(C)(C#N)c1cccc(C(=O)Cc2cc(N)c(F)cc2F)c1. The summed E-state index contributed by atoms with van der Waals surface area (Å²) < 4.78 is 26.9. The molecule has 2 aromatic rings. The normalized spacial score (nSPS) is 11.1. The number of nitrogen functional groups attached to an aromatic ring is 1. The first-order valence-corrected chi connectivity index (χ1v) is 7.03. The molecule has 23 heavy (non-hydrogen) atoms. The maximum Gasteiger partial charge on any atom is 0.167 e. The Morgan fingerprint density at radius 1 is 1.22 bits per heavy atom. The second-order valence-corrected chi connectivity index (χ2v) is 5.88. The van der Waals surface area contributed by atoms with Crippen molar-refractivity contribution in [3.63, 3.8) is 0 Å². The second-order valence-electron chi connectivity index (χ2n) is 5.88. The highest BCUT2D eigenvalue weighted by Gasteiger charge is 2.21. The highest BCUT2D eigenvalue weighted by molar-refractivity contribution is 5.97. The second kappa shape index (κ2) is 6.17. The lowest BCUT2D eigenvalue weighted by Gasteiger charge is -2.16. The van der Waals surface area contributed by atoms with Gasteiger partial charge in [-0.25, -0.2) is 8.78 Å². The Labute approximate surface area is 133 Å². The minimum Gasteiger partial charge on any atom is -0.396 e. The van der Waals surface area contributed by atoms with Crippen LogP contribution in [0.4, 0.5) is 14.5 Å². The van der Waals surface area contributed by atoms with Gasteiger partial charge in [0.05, 0.1) is 17.2 Å². The summed E-state index contributed by atoms with van der Waals surface area (Å²) in [6.07, 6.45) is -0.229. The zero-order valence-electron chi connectivity index (χ0n) is 12.9. The molecule has 0 aliphatic heterocycles. The largest absolute Gasteiger partial charge is 0.396 e. The van der Waals surface area contributed by atoms with Gasteiger partial charge in [-0.2, -0.15) is 5.26 Å². The minimum atomic E-state index is -0.850. The van der Waals surface area contributed by atoms with E-state index in [0.29, 0.717) is 17.2 Å². The quantitative estimate of drug-likeness (QED) is 0.690. The number of hydrogen-bond acceptors (Lipinski definition) is 3. The van der Waals surface area contributed by atoms with Crippen molar-refractivity contribution in [2.45, 2.75) is 25.7 Å². The van der Waals surface area contributed by atoms with Gasteiger partial charge in [0.25, 0.3) is 0 Å². The fourth-order valence-corrected chi connectivity index (χ4v) is 2.17. The van der Waals surface area contributed by atoms with E-state index in [1.165, 1.54) is 0 Å². The molecule has 2 rings (SSSR count). The lowest BCUT2D eigenvalue weighted by molar-refractivity contribution is 0.0991. The third-order valence-electron chi connectivity index (χ3n) is 3.70. The molecule has 0 saturated carbocycles. The molecule has 5 heteroatoms. The van der Waals surface area contributed by atoms with Crippen molar-refractivity contribution < 1.29 is 13.6 Å². The Bertz CT molecular complexity index is 807. The molecule has 0 atom stereocenters. The van der Waals surface area contributed by atoms with Crippen LogP contribution < -0.4 is 5.73 Å². The number of nitriles is 1. The van der Waals surface area contributed by atoms with Crippen molar-refractivity contribution in [2.75, 3.05) is 5.73 Å². The first-order valence-electron chi connectivity index (χ1n) is 7.03. The Kier molecular flexibility index (Phi) is 4.46. The summed E-state index contributed by atoms with van der Waals surface area (Å²) >= 11 is 0. The van der Waals surface area contributed by atoms with Crippen molar-refractivity contribution in [2.24, 2.45) is 0 Å². The fourth-order valence-electron chi connectivity index (χ4n) is 2.17. The minimum absolute atomic E-state index is 0.0406. The predicted octanol–water partition coefficient (Wildman–Crippen LogP) is 3.77. The van der Waals surface area contributed by atoms with Crippen LogP contribution in [-0.2, 0) is 11.8 Å².